The predicted octanol–water partition coefficient (Wildman–Crippen LogP) is 3.42. The van der Waals surface area contributed by atoms with Gasteiger partial charge in [-0.1, -0.05) is 48.6 Å². The zero-order valence-corrected chi connectivity index (χ0v) is 23.8. The Morgan fingerprint density at radius 3 is 1.44 bits per heavy atom. The fourth-order valence-electron chi connectivity index (χ4n) is 4.34. The fourth-order valence-corrected chi connectivity index (χ4v) is 4.34. The summed E-state index contributed by atoms with van der Waals surface area (Å²) in [4.78, 5) is 0. The molecule has 2 unspecified atom stereocenters. The third-order valence-electron chi connectivity index (χ3n) is 6.66. The summed E-state index contributed by atoms with van der Waals surface area (Å²) in [5, 5.41) is 85.9. The van der Waals surface area contributed by atoms with E-state index in [9.17, 15) is 40.9 Å². The van der Waals surface area contributed by atoms with Crippen molar-refractivity contribution < 1.29 is 55.4 Å². The van der Waals surface area contributed by atoms with Gasteiger partial charge in [-0.05, 0) is 70.8 Å². The van der Waals surface area contributed by atoms with Crippen molar-refractivity contribution in [1.82, 2.24) is 0 Å². The van der Waals surface area contributed by atoms with Crippen LogP contribution in [0.1, 0.15) is 22.3 Å². The van der Waals surface area contributed by atoms with Crippen LogP contribution < -0.4 is 4.74 Å². The summed E-state index contributed by atoms with van der Waals surface area (Å²) in [6.45, 7) is -0.564. The summed E-state index contributed by atoms with van der Waals surface area (Å²) in [7, 11) is 0. The van der Waals surface area contributed by atoms with Crippen molar-refractivity contribution in [1.29, 1.82) is 0 Å². The molecule has 4 aromatic rings. The highest BCUT2D eigenvalue weighted by Crippen LogP contribution is 2.28. The average molecular weight is 619 g/mol. The molecule has 1 aliphatic heterocycles. The van der Waals surface area contributed by atoms with E-state index >= 15 is 0 Å². The second kappa shape index (κ2) is 15.1. The number of rotatable bonds is 7. The maximum Gasteiger partial charge on any atom is 0.229 e. The molecule has 0 bridgehead atoms. The Bertz CT molecular complexity index is 1580. The van der Waals surface area contributed by atoms with E-state index in [-0.39, 0.29) is 34.5 Å². The highest BCUT2D eigenvalue weighted by atomic mass is 16.7. The van der Waals surface area contributed by atoms with E-state index in [0.29, 0.717) is 11.1 Å². The molecule has 1 saturated heterocycles. The van der Waals surface area contributed by atoms with Crippen LogP contribution in [0.2, 0.25) is 0 Å². The average Bonchev–Trinajstić information content (AvgIpc) is 3.00. The molecule has 0 saturated carbocycles. The van der Waals surface area contributed by atoms with Crippen LogP contribution in [0.4, 0.5) is 0 Å². The number of aliphatic hydroxyl groups is 4. The van der Waals surface area contributed by atoms with Crippen LogP contribution in [0.3, 0.4) is 0 Å². The first kappa shape index (κ1) is 32.9. The molecule has 11 nitrogen and oxygen atoms in total. The van der Waals surface area contributed by atoms with Gasteiger partial charge < -0.3 is 55.4 Å². The molecule has 5 rings (SSSR count). The molecule has 0 spiro atoms. The number of phenols is 5. The van der Waals surface area contributed by atoms with Crippen LogP contribution in [-0.2, 0) is 4.74 Å². The molecule has 9 N–H and O–H groups in total. The summed E-state index contributed by atoms with van der Waals surface area (Å²) in [5.74, 6) is 0.495. The first-order valence-electron chi connectivity index (χ1n) is 13.8. The molecule has 1 heterocycles. The maximum atomic E-state index is 10.1. The van der Waals surface area contributed by atoms with E-state index in [1.54, 1.807) is 85.0 Å². The Morgan fingerprint density at radius 1 is 0.511 bits per heavy atom. The van der Waals surface area contributed by atoms with Gasteiger partial charge in [0.1, 0.15) is 58.9 Å². The number of aliphatic hydroxyl groups excluding tert-OH is 4. The van der Waals surface area contributed by atoms with Gasteiger partial charge >= 0.3 is 0 Å². The lowest BCUT2D eigenvalue weighted by Gasteiger charge is -2.39. The summed E-state index contributed by atoms with van der Waals surface area (Å²) >= 11 is 0. The van der Waals surface area contributed by atoms with Crippen LogP contribution in [0, 0.1) is 0 Å². The lowest BCUT2D eigenvalue weighted by molar-refractivity contribution is -0.277. The Kier molecular flexibility index (Phi) is 11.0. The summed E-state index contributed by atoms with van der Waals surface area (Å²) in [6.07, 6.45) is 0.0734. The molecule has 0 aliphatic carbocycles. The Labute approximate surface area is 258 Å². The van der Waals surface area contributed by atoms with Crippen LogP contribution in [0.15, 0.2) is 84.9 Å². The lowest BCUT2D eigenvalue weighted by Crippen LogP contribution is -2.60. The van der Waals surface area contributed by atoms with Crippen molar-refractivity contribution in [2.24, 2.45) is 0 Å². The molecule has 1 aliphatic rings. The predicted molar refractivity (Wildman–Crippen MR) is 166 cm³/mol. The number of hydrogen-bond donors (Lipinski definition) is 9. The van der Waals surface area contributed by atoms with Gasteiger partial charge in [0.05, 0.1) is 6.61 Å². The molecule has 0 amide bonds. The van der Waals surface area contributed by atoms with Crippen LogP contribution >= 0.6 is 0 Å². The number of ether oxygens (including phenoxy) is 2. The SMILES string of the molecule is OCC1O[C@@H](Oc2cc(O)cc(/C=C/c3ccc(O)cc3)c2)C(O)[C@@H](O)[C@@H]1O.Oc1ccc(/C=C/c2cc(O)cc(O)c2)cc1. The van der Waals surface area contributed by atoms with Crippen molar-refractivity contribution in [2.45, 2.75) is 30.7 Å². The molecule has 236 valence electrons. The maximum absolute atomic E-state index is 10.1. The quantitative estimate of drug-likeness (QED) is 0.137. The Morgan fingerprint density at radius 2 is 0.956 bits per heavy atom. The molecule has 4 aromatic carbocycles. The Balaban J connectivity index is 0.000000231. The minimum atomic E-state index is -1.55. The van der Waals surface area contributed by atoms with Gasteiger partial charge in [-0.15, -0.1) is 0 Å². The van der Waals surface area contributed by atoms with Gasteiger partial charge in [0.2, 0.25) is 6.29 Å². The number of benzene rings is 4. The molecule has 1 fully saturated rings. The standard InChI is InChI=1S/C20H22O8.C14H12O3/c21-10-16-17(24)18(25)19(26)20(28-16)27-15-8-12(7-14(23)9-15)2-1-11-3-5-13(22)6-4-11;15-12-5-3-10(4-6-12)1-2-11-7-13(16)9-14(17)8-11/h1-9,16-26H,10H2;1-9,15-17H/b2*2-1+/t16?,17-,18+,19?,20-;/m1./s1. The highest BCUT2D eigenvalue weighted by Gasteiger charge is 2.44. The van der Waals surface area contributed by atoms with Crippen molar-refractivity contribution in [3.8, 4) is 34.5 Å². The second-order valence-electron chi connectivity index (χ2n) is 10.2. The van der Waals surface area contributed by atoms with Crippen molar-refractivity contribution >= 4 is 24.3 Å². The van der Waals surface area contributed by atoms with Gasteiger partial charge in [-0.25, -0.2) is 0 Å². The summed E-state index contributed by atoms with van der Waals surface area (Å²) < 4.78 is 10.8. The van der Waals surface area contributed by atoms with Gasteiger partial charge in [-0.2, -0.15) is 0 Å². The van der Waals surface area contributed by atoms with Crippen molar-refractivity contribution in [3.05, 3.63) is 107 Å². The molecule has 11 heteroatoms. The monoisotopic (exact) mass is 618 g/mol. The topological polar surface area (TPSA) is 201 Å². The van der Waals surface area contributed by atoms with Crippen LogP contribution in [0.5, 0.6) is 34.5 Å². The largest absolute Gasteiger partial charge is 0.508 e. The van der Waals surface area contributed by atoms with Gasteiger partial charge in [0.25, 0.3) is 0 Å². The zero-order valence-electron chi connectivity index (χ0n) is 23.8. The van der Waals surface area contributed by atoms with Crippen molar-refractivity contribution in [2.75, 3.05) is 6.61 Å². The third kappa shape index (κ3) is 9.47. The molecular formula is C34H34O11. The second-order valence-corrected chi connectivity index (χ2v) is 10.2. The van der Waals surface area contributed by atoms with E-state index < -0.39 is 37.3 Å². The fraction of sp³-hybridized carbons (Fsp3) is 0.176. The van der Waals surface area contributed by atoms with E-state index in [0.717, 1.165) is 11.1 Å². The number of phenolic OH excluding ortho intramolecular Hbond substituents is 5. The third-order valence-corrected chi connectivity index (χ3v) is 6.66. The summed E-state index contributed by atoms with van der Waals surface area (Å²) in [5.41, 5.74) is 3.05. The summed E-state index contributed by atoms with van der Waals surface area (Å²) in [6, 6.07) is 22.0. The van der Waals surface area contributed by atoms with Crippen LogP contribution in [-0.4, -0.2) is 83.3 Å². The molecule has 0 radical (unpaired) electrons. The first-order chi connectivity index (χ1) is 21.5. The van der Waals surface area contributed by atoms with Gasteiger partial charge in [-0.3, -0.25) is 0 Å². The number of aromatic hydroxyl groups is 5. The minimum Gasteiger partial charge on any atom is -0.508 e. The first-order valence-corrected chi connectivity index (χ1v) is 13.8. The van der Waals surface area contributed by atoms with Gasteiger partial charge in [0, 0.05) is 12.1 Å². The zero-order chi connectivity index (χ0) is 32.5. The van der Waals surface area contributed by atoms with E-state index in [1.165, 1.54) is 18.2 Å². The smallest absolute Gasteiger partial charge is 0.229 e. The highest BCUT2D eigenvalue weighted by molar-refractivity contribution is 5.72. The van der Waals surface area contributed by atoms with E-state index in [1.807, 2.05) is 6.08 Å². The van der Waals surface area contributed by atoms with Gasteiger partial charge in [0.15, 0.2) is 0 Å². The lowest BCUT2D eigenvalue weighted by atomic mass is 9.99. The molecule has 5 atom stereocenters. The molecule has 0 aromatic heterocycles. The van der Waals surface area contributed by atoms with E-state index in [4.69, 9.17) is 14.6 Å². The van der Waals surface area contributed by atoms with E-state index in [2.05, 4.69) is 0 Å². The van der Waals surface area contributed by atoms with Crippen LogP contribution in [0.25, 0.3) is 24.3 Å². The number of hydrogen-bond acceptors (Lipinski definition) is 11. The molecule has 45 heavy (non-hydrogen) atoms. The normalized spacial score (nSPS) is 21.4. The Hall–Kier alpha value is -5.04. The molecular weight excluding hydrogens is 584 g/mol. The minimum absolute atomic E-state index is 0.0235. The van der Waals surface area contributed by atoms with Crippen molar-refractivity contribution in [3.63, 3.8) is 0 Å².